The van der Waals surface area contributed by atoms with Gasteiger partial charge >= 0.3 is 0 Å². The second kappa shape index (κ2) is 6.11. The topological polar surface area (TPSA) is 59.2 Å². The van der Waals surface area contributed by atoms with Gasteiger partial charge in [0.05, 0.1) is 24.1 Å². The molecule has 4 nitrogen and oxygen atoms in total. The summed E-state index contributed by atoms with van der Waals surface area (Å²) in [5, 5.41) is 1.11. The van der Waals surface area contributed by atoms with Gasteiger partial charge in [-0.3, -0.25) is 9.78 Å². The number of pyridine rings is 1. The average molecular weight is 310 g/mol. The molecule has 1 aromatic carbocycles. The quantitative estimate of drug-likeness (QED) is 0.943. The van der Waals surface area contributed by atoms with Crippen LogP contribution in [0.1, 0.15) is 12.5 Å². The van der Waals surface area contributed by atoms with Gasteiger partial charge in [0.1, 0.15) is 0 Å². The number of anilines is 2. The molecule has 2 rings (SSSR count). The van der Waals surface area contributed by atoms with Gasteiger partial charge in [-0.1, -0.05) is 23.2 Å². The SMILES string of the molecule is CC(=O)N(Cc1cc(Cl)ccc1Cl)c1cnccc1N. The minimum absolute atomic E-state index is 0.152. The lowest BCUT2D eigenvalue weighted by Crippen LogP contribution is -2.28. The smallest absolute Gasteiger partial charge is 0.224 e. The molecule has 0 aliphatic rings. The molecule has 0 atom stereocenters. The number of halogens is 2. The van der Waals surface area contributed by atoms with E-state index in [4.69, 9.17) is 28.9 Å². The minimum atomic E-state index is -0.152. The van der Waals surface area contributed by atoms with Crippen LogP contribution < -0.4 is 10.6 Å². The average Bonchev–Trinajstić information content (AvgIpc) is 2.40. The second-order valence-electron chi connectivity index (χ2n) is 4.28. The van der Waals surface area contributed by atoms with Crippen molar-refractivity contribution in [2.75, 3.05) is 10.6 Å². The Labute approximate surface area is 127 Å². The van der Waals surface area contributed by atoms with E-state index in [1.807, 2.05) is 0 Å². The first-order valence-electron chi connectivity index (χ1n) is 5.90. The Morgan fingerprint density at radius 1 is 1.35 bits per heavy atom. The van der Waals surface area contributed by atoms with E-state index in [0.29, 0.717) is 21.4 Å². The maximum atomic E-state index is 11.9. The Kier molecular flexibility index (Phi) is 4.47. The molecule has 20 heavy (non-hydrogen) atoms. The molecule has 2 N–H and O–H groups in total. The Hall–Kier alpha value is -1.78. The molecule has 0 radical (unpaired) electrons. The zero-order valence-corrected chi connectivity index (χ0v) is 12.3. The molecule has 2 aromatic rings. The molecule has 0 fully saturated rings. The summed E-state index contributed by atoms with van der Waals surface area (Å²) in [6, 6.07) is 6.77. The van der Waals surface area contributed by atoms with Crippen LogP contribution in [-0.2, 0) is 11.3 Å². The summed E-state index contributed by atoms with van der Waals surface area (Å²) in [6.45, 7) is 1.75. The predicted molar refractivity (Wildman–Crippen MR) is 82.0 cm³/mol. The maximum Gasteiger partial charge on any atom is 0.224 e. The fourth-order valence-electron chi connectivity index (χ4n) is 1.82. The summed E-state index contributed by atoms with van der Waals surface area (Å²) >= 11 is 12.1. The van der Waals surface area contributed by atoms with E-state index in [0.717, 1.165) is 5.56 Å². The van der Waals surface area contributed by atoms with Crippen LogP contribution in [0.5, 0.6) is 0 Å². The molecule has 1 aromatic heterocycles. The molecule has 1 heterocycles. The van der Waals surface area contributed by atoms with Crippen LogP contribution >= 0.6 is 23.2 Å². The summed E-state index contributed by atoms with van der Waals surface area (Å²) in [5.41, 5.74) is 7.67. The molecule has 1 amide bonds. The third kappa shape index (κ3) is 3.21. The monoisotopic (exact) mass is 309 g/mol. The Morgan fingerprint density at radius 2 is 2.10 bits per heavy atom. The van der Waals surface area contributed by atoms with Gasteiger partial charge in [0.2, 0.25) is 5.91 Å². The molecular weight excluding hydrogens is 297 g/mol. The number of aromatic nitrogens is 1. The zero-order chi connectivity index (χ0) is 14.7. The van der Waals surface area contributed by atoms with Crippen LogP contribution in [0.4, 0.5) is 11.4 Å². The van der Waals surface area contributed by atoms with Crippen molar-refractivity contribution in [1.29, 1.82) is 0 Å². The van der Waals surface area contributed by atoms with E-state index < -0.39 is 0 Å². The van der Waals surface area contributed by atoms with Crippen LogP contribution in [0.3, 0.4) is 0 Å². The van der Waals surface area contributed by atoms with Gasteiger partial charge in [0.15, 0.2) is 0 Å². The summed E-state index contributed by atoms with van der Waals surface area (Å²) in [4.78, 5) is 17.4. The normalized spacial score (nSPS) is 10.3. The van der Waals surface area contributed by atoms with E-state index in [9.17, 15) is 4.79 Å². The van der Waals surface area contributed by atoms with Crippen molar-refractivity contribution < 1.29 is 4.79 Å². The number of carbonyl (C=O) groups excluding carboxylic acids is 1. The molecule has 0 aliphatic heterocycles. The van der Waals surface area contributed by atoms with Crippen molar-refractivity contribution in [3.8, 4) is 0 Å². The highest BCUT2D eigenvalue weighted by Gasteiger charge is 2.16. The lowest BCUT2D eigenvalue weighted by molar-refractivity contribution is -0.116. The van der Waals surface area contributed by atoms with E-state index in [-0.39, 0.29) is 12.5 Å². The van der Waals surface area contributed by atoms with Crippen LogP contribution in [0.2, 0.25) is 10.0 Å². The number of hydrogen-bond acceptors (Lipinski definition) is 3. The number of hydrogen-bond donors (Lipinski definition) is 1. The third-order valence-corrected chi connectivity index (χ3v) is 3.44. The fourth-order valence-corrected chi connectivity index (χ4v) is 2.20. The summed E-state index contributed by atoms with van der Waals surface area (Å²) < 4.78 is 0. The molecule has 104 valence electrons. The number of nitrogens with two attached hydrogens (primary N) is 1. The van der Waals surface area contributed by atoms with Crippen molar-refractivity contribution in [3.63, 3.8) is 0 Å². The van der Waals surface area contributed by atoms with Gasteiger partial charge in [-0.15, -0.1) is 0 Å². The highest BCUT2D eigenvalue weighted by atomic mass is 35.5. The predicted octanol–water partition coefficient (Wildman–Crippen LogP) is 3.52. The summed E-state index contributed by atoms with van der Waals surface area (Å²) in [6.07, 6.45) is 3.12. The van der Waals surface area contributed by atoms with Gasteiger partial charge < -0.3 is 10.6 Å². The molecule has 0 saturated heterocycles. The molecular formula is C14H13Cl2N3O. The van der Waals surface area contributed by atoms with Crippen molar-refractivity contribution in [1.82, 2.24) is 4.98 Å². The van der Waals surface area contributed by atoms with Crippen molar-refractivity contribution in [2.45, 2.75) is 13.5 Å². The van der Waals surface area contributed by atoms with Gasteiger partial charge in [-0.2, -0.15) is 0 Å². The second-order valence-corrected chi connectivity index (χ2v) is 5.12. The van der Waals surface area contributed by atoms with Crippen molar-refractivity contribution in [3.05, 3.63) is 52.3 Å². The number of rotatable bonds is 3. The number of benzene rings is 1. The van der Waals surface area contributed by atoms with Crippen LogP contribution in [0, 0.1) is 0 Å². The van der Waals surface area contributed by atoms with Gasteiger partial charge in [0.25, 0.3) is 0 Å². The van der Waals surface area contributed by atoms with E-state index in [1.54, 1.807) is 36.7 Å². The molecule has 0 spiro atoms. The van der Waals surface area contributed by atoms with Gasteiger partial charge in [-0.25, -0.2) is 0 Å². The lowest BCUT2D eigenvalue weighted by Gasteiger charge is -2.23. The first-order valence-corrected chi connectivity index (χ1v) is 6.66. The molecule has 0 saturated carbocycles. The Balaban J connectivity index is 2.38. The van der Waals surface area contributed by atoms with Gasteiger partial charge in [-0.05, 0) is 29.8 Å². The lowest BCUT2D eigenvalue weighted by atomic mass is 10.2. The minimum Gasteiger partial charge on any atom is -0.397 e. The summed E-state index contributed by atoms with van der Waals surface area (Å²) in [7, 11) is 0. The molecule has 0 bridgehead atoms. The Bertz CT molecular complexity index is 646. The number of carbonyl (C=O) groups is 1. The largest absolute Gasteiger partial charge is 0.397 e. The highest BCUT2D eigenvalue weighted by Crippen LogP contribution is 2.27. The first kappa shape index (κ1) is 14.6. The number of amides is 1. The number of nitrogen functional groups attached to an aromatic ring is 1. The molecule has 0 unspecified atom stereocenters. The maximum absolute atomic E-state index is 11.9. The first-order chi connectivity index (χ1) is 9.49. The van der Waals surface area contributed by atoms with Crippen molar-refractivity contribution >= 4 is 40.5 Å². The van der Waals surface area contributed by atoms with Crippen LogP contribution in [-0.4, -0.2) is 10.9 Å². The third-order valence-electron chi connectivity index (χ3n) is 2.84. The summed E-state index contributed by atoms with van der Waals surface area (Å²) in [5.74, 6) is -0.152. The molecule has 0 aliphatic carbocycles. The number of nitrogens with zero attached hydrogens (tertiary/aromatic N) is 2. The van der Waals surface area contributed by atoms with Crippen LogP contribution in [0.25, 0.3) is 0 Å². The van der Waals surface area contributed by atoms with E-state index in [1.165, 1.54) is 11.8 Å². The van der Waals surface area contributed by atoms with Gasteiger partial charge in [0, 0.05) is 23.2 Å². The fraction of sp³-hybridized carbons (Fsp3) is 0.143. The highest BCUT2D eigenvalue weighted by molar-refractivity contribution is 6.33. The Morgan fingerprint density at radius 3 is 2.75 bits per heavy atom. The van der Waals surface area contributed by atoms with E-state index in [2.05, 4.69) is 4.98 Å². The zero-order valence-electron chi connectivity index (χ0n) is 10.8. The van der Waals surface area contributed by atoms with Crippen molar-refractivity contribution in [2.24, 2.45) is 0 Å². The standard InChI is InChI=1S/C14H13Cl2N3O/c1-9(20)19(14-7-18-5-4-13(14)17)8-10-6-11(15)2-3-12(10)16/h2-7H,8H2,1H3,(H2,17,18). The van der Waals surface area contributed by atoms with E-state index >= 15 is 0 Å². The molecule has 6 heteroatoms. The van der Waals surface area contributed by atoms with Crippen LogP contribution in [0.15, 0.2) is 36.7 Å².